The van der Waals surface area contributed by atoms with Gasteiger partial charge in [0, 0.05) is 19.7 Å². The van der Waals surface area contributed by atoms with Gasteiger partial charge >= 0.3 is 6.09 Å². The Morgan fingerprint density at radius 2 is 1.76 bits per heavy atom. The molecule has 0 aromatic heterocycles. The minimum atomic E-state index is -0.423. The molecular weight excluding hydrogens is 266 g/mol. The molecule has 0 N–H and O–H groups in total. The highest BCUT2D eigenvalue weighted by Crippen LogP contribution is 2.27. The summed E-state index contributed by atoms with van der Waals surface area (Å²) >= 11 is 0. The molecule has 4 nitrogen and oxygen atoms in total. The molecule has 1 amide bonds. The molecule has 0 aromatic rings. The summed E-state index contributed by atoms with van der Waals surface area (Å²) in [5.74, 6) is 0. The average Bonchev–Trinajstić information content (AvgIpc) is 2.37. The molecule has 0 radical (unpaired) electrons. The predicted molar refractivity (Wildman–Crippen MR) is 85.5 cm³/mol. The Morgan fingerprint density at radius 3 is 2.29 bits per heavy atom. The monoisotopic (exact) mass is 299 g/mol. The molecule has 4 heteroatoms. The van der Waals surface area contributed by atoms with E-state index in [1.807, 2.05) is 20.8 Å². The Bertz CT molecular complexity index is 314. The van der Waals surface area contributed by atoms with Crippen LogP contribution in [0.3, 0.4) is 0 Å². The zero-order chi connectivity index (χ0) is 15.9. The lowest BCUT2D eigenvalue weighted by molar-refractivity contribution is -0.0734. The van der Waals surface area contributed by atoms with E-state index in [1.54, 1.807) is 4.90 Å². The molecule has 1 heterocycles. The van der Waals surface area contributed by atoms with E-state index in [-0.39, 0.29) is 11.7 Å². The van der Waals surface area contributed by atoms with Crippen LogP contribution < -0.4 is 0 Å². The fourth-order valence-corrected chi connectivity index (χ4v) is 2.48. The van der Waals surface area contributed by atoms with E-state index < -0.39 is 5.60 Å². The van der Waals surface area contributed by atoms with E-state index in [9.17, 15) is 4.79 Å². The normalized spacial score (nSPS) is 18.6. The van der Waals surface area contributed by atoms with Crippen LogP contribution >= 0.6 is 0 Å². The number of ether oxygens (including phenoxy) is 2. The largest absolute Gasteiger partial charge is 0.444 e. The molecule has 21 heavy (non-hydrogen) atoms. The van der Waals surface area contributed by atoms with Gasteiger partial charge in [-0.1, -0.05) is 26.2 Å². The Balaban J connectivity index is 2.28. The van der Waals surface area contributed by atoms with E-state index in [2.05, 4.69) is 13.8 Å². The summed E-state index contributed by atoms with van der Waals surface area (Å²) < 4.78 is 11.5. The first kappa shape index (κ1) is 18.3. The lowest BCUT2D eigenvalue weighted by Gasteiger charge is -2.39. The van der Waals surface area contributed by atoms with Crippen molar-refractivity contribution in [3.63, 3.8) is 0 Å². The number of carbonyl (C=O) groups is 1. The number of hydrogen-bond acceptors (Lipinski definition) is 3. The number of piperidine rings is 1. The summed E-state index contributed by atoms with van der Waals surface area (Å²) in [5.41, 5.74) is -0.502. The second kappa shape index (κ2) is 8.02. The molecule has 124 valence electrons. The molecule has 0 bridgehead atoms. The van der Waals surface area contributed by atoms with Crippen LogP contribution in [-0.2, 0) is 9.47 Å². The van der Waals surface area contributed by atoms with Crippen LogP contribution in [0.15, 0.2) is 0 Å². The maximum atomic E-state index is 12.0. The first-order valence-corrected chi connectivity index (χ1v) is 8.38. The Morgan fingerprint density at radius 1 is 1.14 bits per heavy atom. The van der Waals surface area contributed by atoms with Gasteiger partial charge in [-0.2, -0.15) is 0 Å². The highest BCUT2D eigenvalue weighted by Gasteiger charge is 2.34. The van der Waals surface area contributed by atoms with Crippen molar-refractivity contribution in [1.82, 2.24) is 4.90 Å². The van der Waals surface area contributed by atoms with Crippen molar-refractivity contribution in [3.8, 4) is 0 Å². The lowest BCUT2D eigenvalue weighted by atomic mass is 9.93. The number of hydrogen-bond donors (Lipinski definition) is 0. The zero-order valence-corrected chi connectivity index (χ0v) is 14.5. The van der Waals surface area contributed by atoms with Crippen molar-refractivity contribution in [2.75, 3.05) is 19.7 Å². The third kappa shape index (κ3) is 7.16. The zero-order valence-electron chi connectivity index (χ0n) is 14.5. The number of unbranched alkanes of at least 4 members (excludes halogenated alkanes) is 3. The number of nitrogens with zero attached hydrogens (tertiary/aromatic N) is 1. The molecule has 1 saturated heterocycles. The van der Waals surface area contributed by atoms with Crippen molar-refractivity contribution in [2.45, 2.75) is 84.3 Å². The van der Waals surface area contributed by atoms with Gasteiger partial charge in [0.15, 0.2) is 0 Å². The summed E-state index contributed by atoms with van der Waals surface area (Å²) in [6.45, 7) is 12.4. The molecule has 0 atom stereocenters. The quantitative estimate of drug-likeness (QED) is 0.683. The SMILES string of the molecule is CCCCCCOC1(C)CCN(C(=O)OC(C)(C)C)CC1. The number of amides is 1. The van der Waals surface area contributed by atoms with Gasteiger partial charge in [-0.15, -0.1) is 0 Å². The van der Waals surface area contributed by atoms with Crippen molar-refractivity contribution in [3.05, 3.63) is 0 Å². The minimum Gasteiger partial charge on any atom is -0.444 e. The number of likely N-dealkylation sites (tertiary alicyclic amines) is 1. The smallest absolute Gasteiger partial charge is 0.410 e. The molecule has 0 aliphatic carbocycles. The highest BCUT2D eigenvalue weighted by atomic mass is 16.6. The lowest BCUT2D eigenvalue weighted by Crippen LogP contribution is -2.48. The summed E-state index contributed by atoms with van der Waals surface area (Å²) in [7, 11) is 0. The van der Waals surface area contributed by atoms with Crippen molar-refractivity contribution >= 4 is 6.09 Å². The van der Waals surface area contributed by atoms with Gasteiger partial charge < -0.3 is 14.4 Å². The third-order valence-electron chi connectivity index (χ3n) is 3.92. The van der Waals surface area contributed by atoms with E-state index in [1.165, 1.54) is 19.3 Å². The van der Waals surface area contributed by atoms with Gasteiger partial charge in [0.1, 0.15) is 5.60 Å². The van der Waals surface area contributed by atoms with Gasteiger partial charge in [0.25, 0.3) is 0 Å². The summed E-state index contributed by atoms with van der Waals surface area (Å²) in [6.07, 6.45) is 6.50. The number of carbonyl (C=O) groups excluding carboxylic acids is 1. The maximum absolute atomic E-state index is 12.0. The Kier molecular flexibility index (Phi) is 6.98. The van der Waals surface area contributed by atoms with Crippen LogP contribution in [0.25, 0.3) is 0 Å². The van der Waals surface area contributed by atoms with Gasteiger partial charge in [-0.25, -0.2) is 4.79 Å². The molecule has 1 fully saturated rings. The van der Waals surface area contributed by atoms with E-state index in [4.69, 9.17) is 9.47 Å². The van der Waals surface area contributed by atoms with Gasteiger partial charge in [0.05, 0.1) is 5.60 Å². The highest BCUT2D eigenvalue weighted by molar-refractivity contribution is 5.68. The van der Waals surface area contributed by atoms with Crippen LogP contribution in [0.4, 0.5) is 4.79 Å². The van der Waals surface area contributed by atoms with Gasteiger partial charge in [-0.05, 0) is 47.0 Å². The second-order valence-corrected chi connectivity index (χ2v) is 7.33. The predicted octanol–water partition coefficient (Wildman–Crippen LogP) is 4.37. The van der Waals surface area contributed by atoms with Crippen LogP contribution in [0.5, 0.6) is 0 Å². The number of rotatable bonds is 6. The van der Waals surface area contributed by atoms with Crippen molar-refractivity contribution in [1.29, 1.82) is 0 Å². The fourth-order valence-electron chi connectivity index (χ4n) is 2.48. The first-order chi connectivity index (χ1) is 9.76. The molecule has 1 aliphatic rings. The maximum Gasteiger partial charge on any atom is 0.410 e. The van der Waals surface area contributed by atoms with Crippen molar-refractivity contribution < 1.29 is 14.3 Å². The van der Waals surface area contributed by atoms with Crippen LogP contribution in [0.2, 0.25) is 0 Å². The third-order valence-corrected chi connectivity index (χ3v) is 3.92. The van der Waals surface area contributed by atoms with Crippen molar-refractivity contribution in [2.24, 2.45) is 0 Å². The average molecular weight is 299 g/mol. The van der Waals surface area contributed by atoms with E-state index in [0.29, 0.717) is 0 Å². The Labute approximate surface area is 130 Å². The molecule has 0 spiro atoms. The molecule has 1 rings (SSSR count). The molecule has 0 aromatic carbocycles. The van der Waals surface area contributed by atoms with E-state index in [0.717, 1.165) is 39.0 Å². The van der Waals surface area contributed by atoms with Crippen LogP contribution in [0, 0.1) is 0 Å². The van der Waals surface area contributed by atoms with Gasteiger partial charge in [0.2, 0.25) is 0 Å². The summed E-state index contributed by atoms with van der Waals surface area (Å²) in [6, 6.07) is 0. The van der Waals surface area contributed by atoms with Gasteiger partial charge in [-0.3, -0.25) is 0 Å². The van der Waals surface area contributed by atoms with Crippen LogP contribution in [-0.4, -0.2) is 41.9 Å². The minimum absolute atomic E-state index is 0.0786. The fraction of sp³-hybridized carbons (Fsp3) is 0.941. The molecular formula is C17H33NO3. The van der Waals surface area contributed by atoms with E-state index >= 15 is 0 Å². The topological polar surface area (TPSA) is 38.8 Å². The molecule has 1 aliphatic heterocycles. The molecule has 0 saturated carbocycles. The second-order valence-electron chi connectivity index (χ2n) is 7.33. The molecule has 0 unspecified atom stereocenters. The summed E-state index contributed by atoms with van der Waals surface area (Å²) in [4.78, 5) is 13.8. The summed E-state index contributed by atoms with van der Waals surface area (Å²) in [5, 5.41) is 0. The van der Waals surface area contributed by atoms with Crippen LogP contribution in [0.1, 0.15) is 73.1 Å². The Hall–Kier alpha value is -0.770. The first-order valence-electron chi connectivity index (χ1n) is 8.38. The standard InChI is InChI=1S/C17H33NO3/c1-6-7-8-9-14-20-17(5)10-12-18(13-11-17)15(19)21-16(2,3)4/h6-14H2,1-5H3.